The van der Waals surface area contributed by atoms with Crippen molar-refractivity contribution in [3.63, 3.8) is 0 Å². The molecule has 0 radical (unpaired) electrons. The molecule has 4 aliphatic rings. The fourth-order valence-electron chi connectivity index (χ4n) is 8.17. The number of thiophene rings is 1. The van der Waals surface area contributed by atoms with E-state index in [2.05, 4.69) is 107 Å². The van der Waals surface area contributed by atoms with Crippen molar-refractivity contribution in [2.75, 3.05) is 4.90 Å². The van der Waals surface area contributed by atoms with E-state index in [4.69, 9.17) is 0 Å². The van der Waals surface area contributed by atoms with Crippen LogP contribution >= 0.6 is 23.1 Å². The lowest BCUT2D eigenvalue weighted by Crippen LogP contribution is -2.48. The number of rotatable bonds is 3. The molecule has 1 nitrogen and oxygen atoms in total. The summed E-state index contributed by atoms with van der Waals surface area (Å²) in [7, 11) is 0. The van der Waals surface area contributed by atoms with E-state index in [0.717, 1.165) is 29.2 Å². The van der Waals surface area contributed by atoms with E-state index in [1.165, 1.54) is 60.8 Å². The van der Waals surface area contributed by atoms with Gasteiger partial charge in [-0.05, 0) is 95.2 Å². The Morgan fingerprint density at radius 3 is 2.14 bits per heavy atom. The van der Waals surface area contributed by atoms with Crippen molar-refractivity contribution in [2.45, 2.75) is 66.7 Å². The summed E-state index contributed by atoms with van der Waals surface area (Å²) in [6.45, 7) is 0. The van der Waals surface area contributed by atoms with Gasteiger partial charge in [-0.15, -0.1) is 23.1 Å². The molecule has 2 saturated carbocycles. The van der Waals surface area contributed by atoms with Gasteiger partial charge in [0.1, 0.15) is 5.00 Å². The molecule has 3 fully saturated rings. The molecule has 0 N–H and O–H groups in total. The van der Waals surface area contributed by atoms with Gasteiger partial charge in [0.15, 0.2) is 0 Å². The van der Waals surface area contributed by atoms with E-state index in [-0.39, 0.29) is 0 Å². The predicted molar refractivity (Wildman–Crippen MR) is 159 cm³/mol. The second-order valence-electron chi connectivity index (χ2n) is 11.6. The van der Waals surface area contributed by atoms with Crippen LogP contribution < -0.4 is 4.90 Å². The van der Waals surface area contributed by atoms with Crippen LogP contribution in [0.25, 0.3) is 22.3 Å². The predicted octanol–water partition coefficient (Wildman–Crippen LogP) is 9.50. The number of fused-ring (bicyclic) bond motifs is 5. The molecule has 3 aromatic carbocycles. The molecule has 3 heterocycles. The highest BCUT2D eigenvalue weighted by molar-refractivity contribution is 8.00. The highest BCUT2D eigenvalue weighted by Crippen LogP contribution is 2.60. The Hall–Kier alpha value is -2.49. The van der Waals surface area contributed by atoms with Crippen molar-refractivity contribution in [1.82, 2.24) is 0 Å². The summed E-state index contributed by atoms with van der Waals surface area (Å²) < 4.78 is 0. The van der Waals surface area contributed by atoms with Crippen LogP contribution in [0.3, 0.4) is 0 Å². The highest BCUT2D eigenvalue weighted by Gasteiger charge is 2.56. The Morgan fingerprint density at radius 2 is 1.41 bits per heavy atom. The van der Waals surface area contributed by atoms with Crippen molar-refractivity contribution in [3.05, 3.63) is 95.9 Å². The van der Waals surface area contributed by atoms with Crippen molar-refractivity contribution in [2.24, 2.45) is 11.8 Å². The molecule has 186 valence electrons. The van der Waals surface area contributed by atoms with Gasteiger partial charge in [-0.3, -0.25) is 0 Å². The average Bonchev–Trinajstić information content (AvgIpc) is 3.57. The summed E-state index contributed by atoms with van der Waals surface area (Å²) in [5, 5.41) is 4.74. The molecule has 6 unspecified atom stereocenters. The second-order valence-corrected chi connectivity index (χ2v) is 13.7. The zero-order valence-electron chi connectivity index (χ0n) is 21.1. The molecular formula is C34H33NS2. The first-order chi connectivity index (χ1) is 18.3. The molecule has 8 rings (SSSR count). The van der Waals surface area contributed by atoms with E-state index >= 15 is 0 Å². The number of thioether (sulfide) groups is 1. The van der Waals surface area contributed by atoms with Crippen LogP contribution in [-0.2, 0) is 0 Å². The van der Waals surface area contributed by atoms with Crippen LogP contribution in [-0.4, -0.2) is 17.3 Å². The van der Waals surface area contributed by atoms with Gasteiger partial charge in [-0.2, -0.15) is 0 Å². The number of hydrogen-bond acceptors (Lipinski definition) is 3. The summed E-state index contributed by atoms with van der Waals surface area (Å²) in [4.78, 5) is 4.53. The smallest absolute Gasteiger partial charge is 0.105 e. The van der Waals surface area contributed by atoms with Crippen LogP contribution in [0.2, 0.25) is 0 Å². The lowest BCUT2D eigenvalue weighted by molar-refractivity contribution is 0.219. The molecule has 0 spiro atoms. The number of anilines is 1. The van der Waals surface area contributed by atoms with Crippen molar-refractivity contribution >= 4 is 28.1 Å². The zero-order valence-corrected chi connectivity index (χ0v) is 22.8. The van der Waals surface area contributed by atoms with Crippen molar-refractivity contribution < 1.29 is 0 Å². The quantitative estimate of drug-likeness (QED) is 0.265. The summed E-state index contributed by atoms with van der Waals surface area (Å²) in [6, 6.07) is 33.3. The maximum absolute atomic E-state index is 2.96. The Morgan fingerprint density at radius 1 is 0.676 bits per heavy atom. The third-order valence-corrected chi connectivity index (χ3v) is 12.2. The van der Waals surface area contributed by atoms with E-state index < -0.39 is 0 Å². The second kappa shape index (κ2) is 9.06. The maximum Gasteiger partial charge on any atom is 0.105 e. The summed E-state index contributed by atoms with van der Waals surface area (Å²) in [5.41, 5.74) is 6.93. The molecule has 37 heavy (non-hydrogen) atoms. The Balaban J connectivity index is 1.17. The van der Waals surface area contributed by atoms with Crippen LogP contribution in [0.15, 0.2) is 95.2 Å². The van der Waals surface area contributed by atoms with E-state index in [1.807, 2.05) is 11.3 Å². The minimum Gasteiger partial charge on any atom is -0.355 e. The average molecular weight is 520 g/mol. The molecule has 1 saturated heterocycles. The summed E-state index contributed by atoms with van der Waals surface area (Å²) >= 11 is 4.20. The normalized spacial score (nSPS) is 29.9. The van der Waals surface area contributed by atoms with Gasteiger partial charge in [0.2, 0.25) is 0 Å². The number of nitrogens with zero attached hydrogens (tertiary/aromatic N) is 1. The van der Waals surface area contributed by atoms with Gasteiger partial charge >= 0.3 is 0 Å². The third kappa shape index (κ3) is 3.72. The molecule has 2 aliphatic heterocycles. The van der Waals surface area contributed by atoms with Crippen LogP contribution in [0.1, 0.15) is 50.0 Å². The molecule has 4 aromatic rings. The largest absolute Gasteiger partial charge is 0.355 e. The lowest BCUT2D eigenvalue weighted by Gasteiger charge is -2.44. The van der Waals surface area contributed by atoms with Crippen molar-refractivity contribution in [3.8, 4) is 22.3 Å². The van der Waals surface area contributed by atoms with Crippen LogP contribution in [0.4, 0.5) is 5.00 Å². The third-order valence-electron chi connectivity index (χ3n) is 9.70. The monoisotopic (exact) mass is 519 g/mol. The van der Waals surface area contributed by atoms with E-state index in [9.17, 15) is 0 Å². The first-order valence-electron chi connectivity index (χ1n) is 14.1. The highest BCUT2D eigenvalue weighted by atomic mass is 32.2. The first kappa shape index (κ1) is 22.5. The van der Waals surface area contributed by atoms with Gasteiger partial charge in [-0.1, -0.05) is 79.2 Å². The Labute approximate surface area is 228 Å². The fourth-order valence-corrected chi connectivity index (χ4v) is 10.9. The molecule has 1 aromatic heterocycles. The molecule has 2 aliphatic carbocycles. The fraction of sp³-hybridized carbons (Fsp3) is 0.353. The van der Waals surface area contributed by atoms with Gasteiger partial charge < -0.3 is 4.90 Å². The molecular weight excluding hydrogens is 487 g/mol. The number of benzene rings is 3. The maximum atomic E-state index is 2.96. The van der Waals surface area contributed by atoms with E-state index in [1.54, 1.807) is 15.5 Å². The van der Waals surface area contributed by atoms with Gasteiger partial charge in [0.05, 0.1) is 0 Å². The van der Waals surface area contributed by atoms with Crippen LogP contribution in [0, 0.1) is 11.8 Å². The SMILES string of the molecule is c1ccc(-c2cc(-c3ccccc3)cc(C3CCC4C(C3)C3CCCC5Sc6ccsc6N4C53)c2)cc1. The Kier molecular flexibility index (Phi) is 5.51. The molecule has 0 amide bonds. The summed E-state index contributed by atoms with van der Waals surface area (Å²) in [5.74, 6) is 2.37. The van der Waals surface area contributed by atoms with Gasteiger partial charge in [0, 0.05) is 22.2 Å². The summed E-state index contributed by atoms with van der Waals surface area (Å²) in [6.07, 6.45) is 8.26. The zero-order chi connectivity index (χ0) is 24.3. The lowest BCUT2D eigenvalue weighted by atomic mass is 9.68. The van der Waals surface area contributed by atoms with Crippen LogP contribution in [0.5, 0.6) is 0 Å². The Bertz CT molecular complexity index is 1350. The topological polar surface area (TPSA) is 3.24 Å². The van der Waals surface area contributed by atoms with Gasteiger partial charge in [0.25, 0.3) is 0 Å². The number of hydrogen-bond donors (Lipinski definition) is 0. The minimum absolute atomic E-state index is 0.657. The minimum atomic E-state index is 0.657. The standard InChI is InChI=1S/C34H33NS2/c1-3-8-22(9-4-1)25-18-26(23-10-5-2-6-11-23)20-27(19-25)24-14-15-30-29(21-24)28-12-7-13-31-33(28)35(30)34-32(37-31)16-17-36-34/h1-6,8-11,16-20,24,28-31,33H,7,12-15,21H2. The van der Waals surface area contributed by atoms with Crippen molar-refractivity contribution in [1.29, 1.82) is 0 Å². The molecule has 6 atom stereocenters. The molecule has 0 bridgehead atoms. The molecule has 3 heteroatoms. The first-order valence-corrected chi connectivity index (χ1v) is 15.9. The van der Waals surface area contributed by atoms with Gasteiger partial charge in [-0.25, -0.2) is 0 Å². The van der Waals surface area contributed by atoms with E-state index in [0.29, 0.717) is 5.92 Å².